The van der Waals surface area contributed by atoms with Gasteiger partial charge in [0.2, 0.25) is 5.91 Å². The van der Waals surface area contributed by atoms with Crippen LogP contribution in [0.2, 0.25) is 0 Å². The molecule has 1 amide bonds. The van der Waals surface area contributed by atoms with Crippen LogP contribution in [-0.4, -0.2) is 22.8 Å². The van der Waals surface area contributed by atoms with E-state index in [1.807, 2.05) is 29.2 Å². The Morgan fingerprint density at radius 3 is 2.90 bits per heavy atom. The van der Waals surface area contributed by atoms with Gasteiger partial charge in [-0.05, 0) is 43.2 Å². The zero-order valence-electron chi connectivity index (χ0n) is 11.8. The Kier molecular flexibility index (Phi) is 3.88. The molecule has 2 aromatic carbocycles. The van der Waals surface area contributed by atoms with Gasteiger partial charge in [-0.3, -0.25) is 4.79 Å². The maximum atomic E-state index is 12.5. The maximum absolute atomic E-state index is 12.5. The van der Waals surface area contributed by atoms with Crippen molar-refractivity contribution in [3.63, 3.8) is 0 Å². The van der Waals surface area contributed by atoms with Crippen molar-refractivity contribution in [2.24, 2.45) is 0 Å². The number of phenolic OH excluding ortho intramolecular Hbond substituents is 1. The highest BCUT2D eigenvalue weighted by Crippen LogP contribution is 2.33. The van der Waals surface area contributed by atoms with Crippen molar-refractivity contribution in [1.82, 2.24) is 0 Å². The lowest BCUT2D eigenvalue weighted by Gasteiger charge is -2.22. The first-order valence-electron chi connectivity index (χ1n) is 6.97. The predicted molar refractivity (Wildman–Crippen MR) is 85.9 cm³/mol. The van der Waals surface area contributed by atoms with Crippen molar-refractivity contribution in [3.8, 4) is 5.75 Å². The number of fused-ring (bicyclic) bond motifs is 1. The van der Waals surface area contributed by atoms with Crippen LogP contribution in [0.4, 0.5) is 5.69 Å². The van der Waals surface area contributed by atoms with E-state index in [4.69, 9.17) is 0 Å². The fourth-order valence-corrected chi connectivity index (χ4v) is 3.54. The van der Waals surface area contributed by atoms with Crippen LogP contribution in [-0.2, 0) is 11.2 Å². The third kappa shape index (κ3) is 2.90. The molecule has 2 aromatic rings. The zero-order chi connectivity index (χ0) is 14.8. The zero-order valence-corrected chi connectivity index (χ0v) is 12.6. The first-order chi connectivity index (χ1) is 10.1. The number of carbonyl (C=O) groups is 1. The number of carbonyl (C=O) groups excluding carboxylic acids is 1. The molecule has 21 heavy (non-hydrogen) atoms. The third-order valence-corrected chi connectivity index (χ3v) is 4.63. The standard InChI is InChI=1S/C17H17NO2S/c1-12-9-13-5-2-3-8-16(13)18(12)17(20)11-21-15-7-4-6-14(19)10-15/h2-8,10,12,19H,9,11H2,1H3. The van der Waals surface area contributed by atoms with E-state index < -0.39 is 0 Å². The molecule has 3 nitrogen and oxygen atoms in total. The molecule has 0 aromatic heterocycles. The van der Waals surface area contributed by atoms with Gasteiger partial charge >= 0.3 is 0 Å². The smallest absolute Gasteiger partial charge is 0.237 e. The minimum absolute atomic E-state index is 0.112. The Balaban J connectivity index is 1.71. The molecule has 1 aliphatic rings. The lowest BCUT2D eigenvalue weighted by atomic mass is 10.1. The van der Waals surface area contributed by atoms with E-state index in [0.717, 1.165) is 17.0 Å². The fourth-order valence-electron chi connectivity index (χ4n) is 2.73. The van der Waals surface area contributed by atoms with Crippen LogP contribution in [0.3, 0.4) is 0 Å². The van der Waals surface area contributed by atoms with Crippen molar-refractivity contribution >= 4 is 23.4 Å². The molecule has 108 valence electrons. The van der Waals surface area contributed by atoms with E-state index in [2.05, 4.69) is 13.0 Å². The summed E-state index contributed by atoms with van der Waals surface area (Å²) in [6.07, 6.45) is 0.915. The molecule has 0 saturated heterocycles. The van der Waals surface area contributed by atoms with Crippen LogP contribution >= 0.6 is 11.8 Å². The third-order valence-electron chi connectivity index (χ3n) is 3.66. The number of benzene rings is 2. The Bertz CT molecular complexity index is 671. The number of nitrogens with zero attached hydrogens (tertiary/aromatic N) is 1. The van der Waals surface area contributed by atoms with E-state index in [9.17, 15) is 9.90 Å². The van der Waals surface area contributed by atoms with Gasteiger partial charge in [0.25, 0.3) is 0 Å². The van der Waals surface area contributed by atoms with Crippen LogP contribution < -0.4 is 4.90 Å². The summed E-state index contributed by atoms with van der Waals surface area (Å²) in [4.78, 5) is 15.3. The lowest BCUT2D eigenvalue weighted by Crippen LogP contribution is -2.36. The van der Waals surface area contributed by atoms with Gasteiger partial charge < -0.3 is 10.0 Å². The first kappa shape index (κ1) is 14.0. The molecule has 0 spiro atoms. The summed E-state index contributed by atoms with van der Waals surface area (Å²) in [6, 6.07) is 15.3. The molecule has 0 fully saturated rings. The highest BCUT2D eigenvalue weighted by molar-refractivity contribution is 8.00. The van der Waals surface area contributed by atoms with Crippen molar-refractivity contribution in [2.45, 2.75) is 24.3 Å². The van der Waals surface area contributed by atoms with Gasteiger partial charge in [0.05, 0.1) is 5.75 Å². The normalized spacial score (nSPS) is 16.8. The van der Waals surface area contributed by atoms with E-state index >= 15 is 0 Å². The van der Waals surface area contributed by atoms with Crippen LogP contribution in [0, 0.1) is 0 Å². The number of hydrogen-bond donors (Lipinski definition) is 1. The lowest BCUT2D eigenvalue weighted by molar-refractivity contribution is -0.116. The molecule has 4 heteroatoms. The van der Waals surface area contributed by atoms with E-state index in [0.29, 0.717) is 5.75 Å². The van der Waals surface area contributed by atoms with Crippen LogP contribution in [0.25, 0.3) is 0 Å². The number of aromatic hydroxyl groups is 1. The van der Waals surface area contributed by atoms with Gasteiger partial charge in [-0.25, -0.2) is 0 Å². The number of amides is 1. The van der Waals surface area contributed by atoms with Gasteiger partial charge in [0.15, 0.2) is 0 Å². The molecule has 1 aliphatic heterocycles. The van der Waals surface area contributed by atoms with Gasteiger partial charge in [0.1, 0.15) is 5.75 Å². The number of anilines is 1. The quantitative estimate of drug-likeness (QED) is 0.882. The number of hydrogen-bond acceptors (Lipinski definition) is 3. The molecule has 1 N–H and O–H groups in total. The topological polar surface area (TPSA) is 40.5 Å². The molecule has 0 aliphatic carbocycles. The Hall–Kier alpha value is -1.94. The maximum Gasteiger partial charge on any atom is 0.237 e. The Morgan fingerprint density at radius 1 is 1.29 bits per heavy atom. The van der Waals surface area contributed by atoms with Crippen LogP contribution in [0.5, 0.6) is 5.75 Å². The summed E-state index contributed by atoms with van der Waals surface area (Å²) >= 11 is 1.46. The monoisotopic (exact) mass is 299 g/mol. The summed E-state index contributed by atoms with van der Waals surface area (Å²) in [5.41, 5.74) is 2.27. The minimum atomic E-state index is 0.112. The van der Waals surface area contributed by atoms with Crippen LogP contribution in [0.1, 0.15) is 12.5 Å². The molecule has 1 atom stereocenters. The van der Waals surface area contributed by atoms with E-state index in [1.165, 1.54) is 17.3 Å². The summed E-state index contributed by atoms with van der Waals surface area (Å²) in [7, 11) is 0. The highest BCUT2D eigenvalue weighted by Gasteiger charge is 2.30. The van der Waals surface area contributed by atoms with Crippen molar-refractivity contribution < 1.29 is 9.90 Å². The van der Waals surface area contributed by atoms with Crippen molar-refractivity contribution in [2.75, 3.05) is 10.7 Å². The number of para-hydroxylation sites is 1. The molecular formula is C17H17NO2S. The second-order valence-corrected chi connectivity index (χ2v) is 6.28. The van der Waals surface area contributed by atoms with E-state index in [-0.39, 0.29) is 17.7 Å². The van der Waals surface area contributed by atoms with Crippen molar-refractivity contribution in [1.29, 1.82) is 0 Å². The average Bonchev–Trinajstić information content (AvgIpc) is 2.81. The SMILES string of the molecule is CC1Cc2ccccc2N1C(=O)CSc1cccc(O)c1. The largest absolute Gasteiger partial charge is 0.508 e. The van der Waals surface area contributed by atoms with Gasteiger partial charge in [-0.2, -0.15) is 0 Å². The second kappa shape index (κ2) is 5.82. The molecule has 1 unspecified atom stereocenters. The number of thioether (sulfide) groups is 1. The van der Waals surface area contributed by atoms with Crippen LogP contribution in [0.15, 0.2) is 53.4 Å². The molecule has 0 bridgehead atoms. The molecule has 0 saturated carbocycles. The summed E-state index contributed by atoms with van der Waals surface area (Å²) in [5.74, 6) is 0.718. The number of rotatable bonds is 3. The van der Waals surface area contributed by atoms with Gasteiger partial charge in [-0.1, -0.05) is 24.3 Å². The Morgan fingerprint density at radius 2 is 2.10 bits per heavy atom. The molecule has 1 heterocycles. The number of phenols is 1. The fraction of sp³-hybridized carbons (Fsp3) is 0.235. The summed E-state index contributed by atoms with van der Waals surface area (Å²) in [5, 5.41) is 9.45. The molecule has 0 radical (unpaired) electrons. The van der Waals surface area contributed by atoms with E-state index in [1.54, 1.807) is 18.2 Å². The molecular weight excluding hydrogens is 282 g/mol. The van der Waals surface area contributed by atoms with Gasteiger partial charge in [0, 0.05) is 16.6 Å². The average molecular weight is 299 g/mol. The summed E-state index contributed by atoms with van der Waals surface area (Å²) < 4.78 is 0. The van der Waals surface area contributed by atoms with Gasteiger partial charge in [-0.15, -0.1) is 11.8 Å². The van der Waals surface area contributed by atoms with Crippen molar-refractivity contribution in [3.05, 3.63) is 54.1 Å². The highest BCUT2D eigenvalue weighted by atomic mass is 32.2. The first-order valence-corrected chi connectivity index (χ1v) is 7.95. The Labute approximate surface area is 128 Å². The predicted octanol–water partition coefficient (Wildman–Crippen LogP) is 3.46. The summed E-state index contributed by atoms with van der Waals surface area (Å²) in [6.45, 7) is 2.08. The second-order valence-electron chi connectivity index (χ2n) is 5.23. The minimum Gasteiger partial charge on any atom is -0.508 e. The molecule has 3 rings (SSSR count).